The highest BCUT2D eigenvalue weighted by atomic mass is 32.2. The van der Waals surface area contributed by atoms with E-state index in [1.54, 1.807) is 31.4 Å². The maximum absolute atomic E-state index is 12.9. The van der Waals surface area contributed by atoms with E-state index in [9.17, 15) is 23.1 Å². The standard InChI is InChI=1S/C23H26N2O6S/c1-24(2)32(29,30)18-12-10-17(11-13-18)21(26)19-20(16-8-5-4-6-9-16)25(14-7-15-31-3)23(28)22(19)27/h4-6,8-13,20,26H,7,14-15H2,1-3H3/b21-19+/t20-/m1/s1. The maximum atomic E-state index is 12.9. The summed E-state index contributed by atoms with van der Waals surface area (Å²) in [5.74, 6) is -1.82. The van der Waals surface area contributed by atoms with Crippen molar-refractivity contribution in [3.8, 4) is 0 Å². The van der Waals surface area contributed by atoms with Crippen LogP contribution in [0.2, 0.25) is 0 Å². The number of aliphatic hydroxyl groups excluding tert-OH is 1. The number of hydrogen-bond donors (Lipinski definition) is 1. The van der Waals surface area contributed by atoms with E-state index in [1.165, 1.54) is 43.3 Å². The average Bonchev–Trinajstić information content (AvgIpc) is 3.04. The quantitative estimate of drug-likeness (QED) is 0.282. The molecule has 3 rings (SSSR count). The zero-order valence-electron chi connectivity index (χ0n) is 18.2. The molecule has 2 aromatic rings. The maximum Gasteiger partial charge on any atom is 0.295 e. The molecule has 0 aromatic heterocycles. The van der Waals surface area contributed by atoms with Crippen molar-refractivity contribution < 1.29 is 27.9 Å². The monoisotopic (exact) mass is 458 g/mol. The largest absolute Gasteiger partial charge is 0.507 e. The van der Waals surface area contributed by atoms with Gasteiger partial charge in [0.1, 0.15) is 5.76 Å². The number of Topliss-reactive ketones (excluding diaryl/α,β-unsaturated/α-hetero) is 1. The van der Waals surface area contributed by atoms with Gasteiger partial charge in [0.25, 0.3) is 11.7 Å². The molecule has 0 bridgehead atoms. The normalized spacial score (nSPS) is 18.5. The van der Waals surface area contributed by atoms with Gasteiger partial charge in [-0.05, 0) is 36.2 Å². The molecule has 1 N–H and O–H groups in total. The van der Waals surface area contributed by atoms with Gasteiger partial charge in [0.15, 0.2) is 0 Å². The van der Waals surface area contributed by atoms with E-state index in [-0.39, 0.29) is 28.3 Å². The van der Waals surface area contributed by atoms with Crippen LogP contribution in [0.4, 0.5) is 0 Å². The second-order valence-corrected chi connectivity index (χ2v) is 9.71. The average molecular weight is 459 g/mol. The van der Waals surface area contributed by atoms with E-state index < -0.39 is 27.8 Å². The van der Waals surface area contributed by atoms with Crippen LogP contribution in [0, 0.1) is 0 Å². The van der Waals surface area contributed by atoms with Crippen LogP contribution in [0.25, 0.3) is 5.76 Å². The molecule has 9 heteroatoms. The Hall–Kier alpha value is -3.01. The Bertz CT molecular complexity index is 1120. The summed E-state index contributed by atoms with van der Waals surface area (Å²) in [4.78, 5) is 27.2. The number of likely N-dealkylation sites (tertiary alicyclic amines) is 1. The Balaban J connectivity index is 2.07. The molecule has 2 aromatic carbocycles. The van der Waals surface area contributed by atoms with Crippen molar-refractivity contribution in [2.45, 2.75) is 17.4 Å². The van der Waals surface area contributed by atoms with Gasteiger partial charge in [0.05, 0.1) is 16.5 Å². The fourth-order valence-corrected chi connectivity index (χ4v) is 4.52. The van der Waals surface area contributed by atoms with Gasteiger partial charge in [-0.2, -0.15) is 0 Å². The third-order valence-electron chi connectivity index (χ3n) is 5.31. The number of ether oxygens (including phenoxy) is 1. The molecule has 170 valence electrons. The first-order valence-corrected chi connectivity index (χ1v) is 11.5. The third-order valence-corrected chi connectivity index (χ3v) is 7.14. The second kappa shape index (κ2) is 9.64. The molecule has 1 aliphatic heterocycles. The summed E-state index contributed by atoms with van der Waals surface area (Å²) in [6.45, 7) is 0.709. The lowest BCUT2D eigenvalue weighted by atomic mass is 9.95. The molecule has 8 nitrogen and oxygen atoms in total. The highest BCUT2D eigenvalue weighted by Crippen LogP contribution is 2.39. The van der Waals surface area contributed by atoms with Gasteiger partial charge in [-0.25, -0.2) is 12.7 Å². The van der Waals surface area contributed by atoms with E-state index in [0.717, 1.165) is 4.31 Å². The molecular weight excluding hydrogens is 432 g/mol. The number of hydrogen-bond acceptors (Lipinski definition) is 6. The Kier molecular flexibility index (Phi) is 7.12. The van der Waals surface area contributed by atoms with Crippen LogP contribution in [0.15, 0.2) is 65.1 Å². The van der Waals surface area contributed by atoms with Crippen molar-refractivity contribution in [2.75, 3.05) is 34.4 Å². The molecule has 0 aliphatic carbocycles. The van der Waals surface area contributed by atoms with Crippen LogP contribution in [0.1, 0.15) is 23.6 Å². The minimum Gasteiger partial charge on any atom is -0.507 e. The lowest BCUT2D eigenvalue weighted by Crippen LogP contribution is -2.31. The number of aliphatic hydroxyl groups is 1. The Morgan fingerprint density at radius 2 is 1.69 bits per heavy atom. The number of amides is 1. The molecule has 0 spiro atoms. The topological polar surface area (TPSA) is 104 Å². The van der Waals surface area contributed by atoms with Gasteiger partial charge < -0.3 is 14.7 Å². The smallest absolute Gasteiger partial charge is 0.295 e. The number of nitrogens with zero attached hydrogens (tertiary/aromatic N) is 2. The summed E-state index contributed by atoms with van der Waals surface area (Å²) >= 11 is 0. The van der Waals surface area contributed by atoms with Crippen molar-refractivity contribution in [3.63, 3.8) is 0 Å². The van der Waals surface area contributed by atoms with Crippen LogP contribution >= 0.6 is 0 Å². The molecule has 1 fully saturated rings. The molecular formula is C23H26N2O6S. The first-order valence-electron chi connectivity index (χ1n) is 10.1. The summed E-state index contributed by atoms with van der Waals surface area (Å²) < 4.78 is 30.8. The predicted molar refractivity (Wildman–Crippen MR) is 119 cm³/mol. The predicted octanol–water partition coefficient (Wildman–Crippen LogP) is 2.40. The van der Waals surface area contributed by atoms with E-state index in [0.29, 0.717) is 18.6 Å². The van der Waals surface area contributed by atoms with E-state index >= 15 is 0 Å². The number of benzene rings is 2. The first-order chi connectivity index (χ1) is 15.2. The Labute approximate surface area is 187 Å². The SMILES string of the molecule is COCCCN1C(=O)C(=O)/C(=C(/O)c2ccc(S(=O)(=O)N(C)C)cc2)[C@H]1c1ccccc1. The summed E-state index contributed by atoms with van der Waals surface area (Å²) in [7, 11) is 0.769. The second-order valence-electron chi connectivity index (χ2n) is 7.56. The molecule has 1 atom stereocenters. The van der Waals surface area contributed by atoms with Gasteiger partial charge in [0, 0.05) is 39.9 Å². The summed E-state index contributed by atoms with van der Waals surface area (Å²) in [6.07, 6.45) is 0.532. The van der Waals surface area contributed by atoms with Crippen LogP contribution in [-0.2, 0) is 24.3 Å². The molecule has 1 saturated heterocycles. The minimum atomic E-state index is -3.64. The molecule has 0 radical (unpaired) electrons. The molecule has 1 aliphatic rings. The first kappa shape index (κ1) is 23.6. The minimum absolute atomic E-state index is 0.0261. The summed E-state index contributed by atoms with van der Waals surface area (Å²) in [6, 6.07) is 13.8. The van der Waals surface area contributed by atoms with Crippen LogP contribution in [-0.4, -0.2) is 68.8 Å². The third kappa shape index (κ3) is 4.45. The molecule has 1 amide bonds. The van der Waals surface area contributed by atoms with Gasteiger partial charge >= 0.3 is 0 Å². The van der Waals surface area contributed by atoms with E-state index in [2.05, 4.69) is 0 Å². The van der Waals surface area contributed by atoms with Crippen molar-refractivity contribution in [3.05, 3.63) is 71.3 Å². The van der Waals surface area contributed by atoms with E-state index in [4.69, 9.17) is 4.74 Å². The van der Waals surface area contributed by atoms with Crippen LogP contribution in [0.5, 0.6) is 0 Å². The molecule has 32 heavy (non-hydrogen) atoms. The van der Waals surface area contributed by atoms with Gasteiger partial charge in [-0.15, -0.1) is 0 Å². The highest BCUT2D eigenvalue weighted by molar-refractivity contribution is 7.89. The Morgan fingerprint density at radius 3 is 2.25 bits per heavy atom. The zero-order valence-corrected chi connectivity index (χ0v) is 19.0. The number of sulfonamides is 1. The fraction of sp³-hybridized carbons (Fsp3) is 0.304. The molecule has 0 unspecified atom stereocenters. The van der Waals surface area contributed by atoms with Crippen molar-refractivity contribution >= 4 is 27.5 Å². The number of rotatable bonds is 8. The van der Waals surface area contributed by atoms with Crippen molar-refractivity contribution in [1.29, 1.82) is 0 Å². The lowest BCUT2D eigenvalue weighted by molar-refractivity contribution is -0.140. The summed E-state index contributed by atoms with van der Waals surface area (Å²) in [5, 5.41) is 11.0. The van der Waals surface area contributed by atoms with Gasteiger partial charge in [0.2, 0.25) is 10.0 Å². The van der Waals surface area contributed by atoms with Crippen molar-refractivity contribution in [2.24, 2.45) is 0 Å². The number of carbonyl (C=O) groups is 2. The van der Waals surface area contributed by atoms with Crippen LogP contribution in [0.3, 0.4) is 0 Å². The summed E-state index contributed by atoms with van der Waals surface area (Å²) in [5.41, 5.74) is 0.915. The number of carbonyl (C=O) groups excluding carboxylic acids is 2. The van der Waals surface area contributed by atoms with Gasteiger partial charge in [-0.3, -0.25) is 9.59 Å². The molecule has 0 saturated carbocycles. The number of ketones is 1. The fourth-order valence-electron chi connectivity index (χ4n) is 3.62. The van der Waals surface area contributed by atoms with Gasteiger partial charge in [-0.1, -0.05) is 30.3 Å². The van der Waals surface area contributed by atoms with E-state index in [1.807, 2.05) is 6.07 Å². The van der Waals surface area contributed by atoms with Crippen molar-refractivity contribution in [1.82, 2.24) is 9.21 Å². The molecule has 1 heterocycles. The lowest BCUT2D eigenvalue weighted by Gasteiger charge is -2.25. The zero-order chi connectivity index (χ0) is 23.5. The number of methoxy groups -OCH3 is 1. The Morgan fingerprint density at radius 1 is 1.06 bits per heavy atom. The highest BCUT2D eigenvalue weighted by Gasteiger charge is 2.45. The van der Waals surface area contributed by atoms with Crippen LogP contribution < -0.4 is 0 Å².